The first kappa shape index (κ1) is 15.8. The van der Waals surface area contributed by atoms with Crippen LogP contribution in [0.4, 0.5) is 11.8 Å². The van der Waals surface area contributed by atoms with E-state index in [1.165, 1.54) is 0 Å². The van der Waals surface area contributed by atoms with E-state index in [1.807, 2.05) is 42.1 Å². The number of methoxy groups -OCH3 is 1. The molecule has 3 aromatic heterocycles. The van der Waals surface area contributed by atoms with Crippen LogP contribution in [-0.4, -0.2) is 36.6 Å². The Morgan fingerprint density at radius 2 is 1.73 bits per heavy atom. The second-order valence-corrected chi connectivity index (χ2v) is 5.65. The van der Waals surface area contributed by atoms with Gasteiger partial charge in [0, 0.05) is 25.0 Å². The predicted octanol–water partition coefficient (Wildman–Crippen LogP) is 1.66. The third-order valence-corrected chi connectivity index (χ3v) is 3.97. The van der Waals surface area contributed by atoms with Gasteiger partial charge in [0.25, 0.3) is 0 Å². The van der Waals surface area contributed by atoms with Crippen molar-refractivity contribution in [3.05, 3.63) is 36.7 Å². The molecule has 9 heteroatoms. The maximum absolute atomic E-state index is 5.97. The largest absolute Gasteiger partial charge is 0.497 e. The van der Waals surface area contributed by atoms with Gasteiger partial charge in [0.05, 0.1) is 7.11 Å². The first-order valence-corrected chi connectivity index (χ1v) is 7.79. The van der Waals surface area contributed by atoms with E-state index in [-0.39, 0.29) is 11.8 Å². The Morgan fingerprint density at radius 1 is 0.962 bits per heavy atom. The van der Waals surface area contributed by atoms with Crippen LogP contribution in [0, 0.1) is 0 Å². The van der Waals surface area contributed by atoms with E-state index >= 15 is 0 Å². The first-order chi connectivity index (χ1) is 12.6. The maximum atomic E-state index is 5.97. The fraction of sp³-hybridized carbons (Fsp3) is 0.118. The molecular formula is C17H16N8O. The van der Waals surface area contributed by atoms with Crippen LogP contribution in [0.3, 0.4) is 0 Å². The third kappa shape index (κ3) is 2.55. The molecule has 0 aliphatic heterocycles. The van der Waals surface area contributed by atoms with Gasteiger partial charge in [0.15, 0.2) is 22.8 Å². The van der Waals surface area contributed by atoms with E-state index in [0.29, 0.717) is 28.4 Å². The molecule has 0 fully saturated rings. The van der Waals surface area contributed by atoms with Crippen LogP contribution in [0.25, 0.3) is 33.9 Å². The number of hydrogen-bond acceptors (Lipinski definition) is 8. The normalized spacial score (nSPS) is 11.0. The van der Waals surface area contributed by atoms with Gasteiger partial charge in [0.2, 0.25) is 5.95 Å². The Kier molecular flexibility index (Phi) is 3.61. The van der Waals surface area contributed by atoms with Gasteiger partial charge in [-0.2, -0.15) is 9.97 Å². The van der Waals surface area contributed by atoms with Crippen molar-refractivity contribution >= 4 is 22.9 Å². The Bertz CT molecular complexity index is 1100. The Morgan fingerprint density at radius 3 is 2.38 bits per heavy atom. The summed E-state index contributed by atoms with van der Waals surface area (Å²) in [6.45, 7) is 0. The lowest BCUT2D eigenvalue weighted by atomic mass is 10.1. The topological polar surface area (TPSA) is 131 Å². The summed E-state index contributed by atoms with van der Waals surface area (Å²) < 4.78 is 7.08. The molecule has 0 amide bonds. The van der Waals surface area contributed by atoms with Crippen molar-refractivity contribution in [2.24, 2.45) is 7.05 Å². The van der Waals surface area contributed by atoms with Crippen LogP contribution in [0.5, 0.6) is 5.75 Å². The van der Waals surface area contributed by atoms with Gasteiger partial charge in [-0.05, 0) is 24.3 Å². The molecule has 4 N–H and O–H groups in total. The highest BCUT2D eigenvalue weighted by Gasteiger charge is 2.19. The van der Waals surface area contributed by atoms with Gasteiger partial charge in [-0.3, -0.25) is 0 Å². The number of imidazole rings is 1. The number of hydrogen-bond donors (Lipinski definition) is 2. The number of nitrogens with two attached hydrogens (primary N) is 2. The molecule has 0 radical (unpaired) electrons. The molecule has 0 bridgehead atoms. The fourth-order valence-electron chi connectivity index (χ4n) is 2.69. The molecular weight excluding hydrogens is 332 g/mol. The Balaban J connectivity index is 2.03. The van der Waals surface area contributed by atoms with E-state index in [4.69, 9.17) is 16.2 Å². The van der Waals surface area contributed by atoms with Crippen molar-refractivity contribution in [2.45, 2.75) is 0 Å². The highest BCUT2D eigenvalue weighted by atomic mass is 16.5. The predicted molar refractivity (Wildman–Crippen MR) is 98.1 cm³/mol. The van der Waals surface area contributed by atoms with E-state index < -0.39 is 0 Å². The second-order valence-electron chi connectivity index (χ2n) is 5.65. The van der Waals surface area contributed by atoms with Gasteiger partial charge in [-0.1, -0.05) is 0 Å². The minimum atomic E-state index is 0.0507. The van der Waals surface area contributed by atoms with Crippen LogP contribution >= 0.6 is 0 Å². The summed E-state index contributed by atoms with van der Waals surface area (Å²) in [5, 5.41) is 0. The number of anilines is 2. The molecule has 0 saturated carbocycles. The van der Waals surface area contributed by atoms with Gasteiger partial charge in [-0.15, -0.1) is 0 Å². The number of fused-ring (bicyclic) bond motifs is 1. The summed E-state index contributed by atoms with van der Waals surface area (Å²) in [6.07, 6.45) is 3.53. The number of nitrogens with zero attached hydrogens (tertiary/aromatic N) is 6. The van der Waals surface area contributed by atoms with Gasteiger partial charge in [-0.25, -0.2) is 15.0 Å². The van der Waals surface area contributed by atoms with Crippen LogP contribution in [0.1, 0.15) is 0 Å². The minimum absolute atomic E-state index is 0.0507. The summed E-state index contributed by atoms with van der Waals surface area (Å²) in [5.41, 5.74) is 14.4. The number of nitrogen functional groups attached to an aromatic ring is 2. The lowest BCUT2D eigenvalue weighted by Gasteiger charge is -2.11. The van der Waals surface area contributed by atoms with Crippen molar-refractivity contribution in [1.29, 1.82) is 0 Å². The highest BCUT2D eigenvalue weighted by molar-refractivity contribution is 5.88. The summed E-state index contributed by atoms with van der Waals surface area (Å²) in [7, 11) is 3.50. The lowest BCUT2D eigenvalue weighted by Crippen LogP contribution is -2.06. The van der Waals surface area contributed by atoms with Gasteiger partial charge >= 0.3 is 0 Å². The van der Waals surface area contributed by atoms with E-state index in [2.05, 4.69) is 24.9 Å². The van der Waals surface area contributed by atoms with Crippen molar-refractivity contribution in [3.63, 3.8) is 0 Å². The third-order valence-electron chi connectivity index (χ3n) is 3.97. The number of aromatic nitrogens is 6. The Labute approximate surface area is 148 Å². The molecule has 0 unspecified atom stereocenters. The zero-order valence-electron chi connectivity index (χ0n) is 14.2. The molecule has 26 heavy (non-hydrogen) atoms. The van der Waals surface area contributed by atoms with E-state index in [0.717, 1.165) is 11.3 Å². The highest BCUT2D eigenvalue weighted by Crippen LogP contribution is 2.31. The number of benzene rings is 1. The first-order valence-electron chi connectivity index (χ1n) is 7.79. The summed E-state index contributed by atoms with van der Waals surface area (Å²) >= 11 is 0. The van der Waals surface area contributed by atoms with Crippen LogP contribution in [0.15, 0.2) is 36.7 Å². The van der Waals surface area contributed by atoms with Crippen molar-refractivity contribution in [1.82, 2.24) is 29.5 Å². The molecule has 1 aromatic carbocycles. The smallest absolute Gasteiger partial charge is 0.224 e. The standard InChI is InChI=1S/C17H16N8O/c1-25-8-7-20-16(25)12-11(9-3-5-10(26-2)6-4-9)22-15-13(21-12)14(18)23-17(19)24-15/h3-8H,1-2H3,(H4,18,19,22,23,24). The van der Waals surface area contributed by atoms with Gasteiger partial charge in [0.1, 0.15) is 17.1 Å². The number of aryl methyl sites for hydroxylation is 1. The lowest BCUT2D eigenvalue weighted by molar-refractivity contribution is 0.415. The average molecular weight is 348 g/mol. The minimum Gasteiger partial charge on any atom is -0.497 e. The zero-order valence-corrected chi connectivity index (χ0v) is 14.2. The van der Waals surface area contributed by atoms with Crippen molar-refractivity contribution in [3.8, 4) is 28.5 Å². The molecule has 130 valence electrons. The van der Waals surface area contributed by atoms with E-state index in [1.54, 1.807) is 13.3 Å². The van der Waals surface area contributed by atoms with Crippen LogP contribution in [-0.2, 0) is 7.05 Å². The molecule has 0 saturated heterocycles. The fourth-order valence-corrected chi connectivity index (χ4v) is 2.69. The van der Waals surface area contributed by atoms with Gasteiger partial charge < -0.3 is 20.8 Å². The quantitative estimate of drug-likeness (QED) is 0.571. The molecule has 0 atom stereocenters. The van der Waals surface area contributed by atoms with Crippen molar-refractivity contribution in [2.75, 3.05) is 18.6 Å². The molecule has 3 heterocycles. The number of ether oxygens (including phenoxy) is 1. The monoisotopic (exact) mass is 348 g/mol. The average Bonchev–Trinajstić information content (AvgIpc) is 3.06. The summed E-state index contributed by atoms with van der Waals surface area (Å²) in [4.78, 5) is 21.8. The van der Waals surface area contributed by atoms with Crippen molar-refractivity contribution < 1.29 is 4.74 Å². The molecule has 4 aromatic rings. The number of rotatable bonds is 3. The molecule has 0 spiro atoms. The molecule has 4 rings (SSSR count). The zero-order chi connectivity index (χ0) is 18.3. The molecule has 0 aliphatic carbocycles. The second kappa shape index (κ2) is 5.96. The Hall–Kier alpha value is -3.75. The molecule has 0 aliphatic rings. The maximum Gasteiger partial charge on any atom is 0.224 e. The van der Waals surface area contributed by atoms with Crippen LogP contribution in [0.2, 0.25) is 0 Å². The SMILES string of the molecule is COc1ccc(-c2nc3nc(N)nc(N)c3nc2-c2nccn2C)cc1. The summed E-state index contributed by atoms with van der Waals surface area (Å²) in [5.74, 6) is 1.63. The summed E-state index contributed by atoms with van der Waals surface area (Å²) in [6, 6.07) is 7.50. The van der Waals surface area contributed by atoms with E-state index in [9.17, 15) is 0 Å². The molecule has 9 nitrogen and oxygen atoms in total. The van der Waals surface area contributed by atoms with Crippen LogP contribution < -0.4 is 16.2 Å².